The second kappa shape index (κ2) is 11.8. The fourth-order valence-corrected chi connectivity index (χ4v) is 4.77. The summed E-state index contributed by atoms with van der Waals surface area (Å²) in [7, 11) is 0. The molecular formula is C36H19F2N5O. The summed E-state index contributed by atoms with van der Waals surface area (Å²) in [6, 6.07) is 34.6. The third-order valence-corrected chi connectivity index (χ3v) is 6.82. The summed E-state index contributed by atoms with van der Waals surface area (Å²) in [6.07, 6.45) is 0. The predicted octanol–water partition coefficient (Wildman–Crippen LogP) is 7.79. The zero-order chi connectivity index (χ0) is 30.6. The second-order valence-corrected chi connectivity index (χ2v) is 9.85. The van der Waals surface area contributed by atoms with Crippen LogP contribution in [0.25, 0.3) is 45.0 Å². The van der Waals surface area contributed by atoms with Gasteiger partial charge in [0.15, 0.2) is 11.6 Å². The monoisotopic (exact) mass is 575 g/mol. The Morgan fingerprint density at radius 3 is 1.39 bits per heavy atom. The minimum atomic E-state index is -0.632. The second-order valence-electron chi connectivity index (χ2n) is 9.85. The Balaban J connectivity index is 1.56. The highest BCUT2D eigenvalue weighted by molar-refractivity contribution is 6.08. The quantitative estimate of drug-likeness (QED) is 0.188. The van der Waals surface area contributed by atoms with Crippen molar-refractivity contribution in [2.45, 2.75) is 0 Å². The summed E-state index contributed by atoms with van der Waals surface area (Å²) in [5.41, 5.74) is 3.13. The van der Waals surface area contributed by atoms with Crippen molar-refractivity contribution in [1.82, 2.24) is 15.0 Å². The van der Waals surface area contributed by atoms with Gasteiger partial charge in [0, 0.05) is 16.7 Å². The number of carbonyl (C=O) groups is 1. The van der Waals surface area contributed by atoms with E-state index in [-0.39, 0.29) is 22.5 Å². The van der Waals surface area contributed by atoms with Crippen LogP contribution in [0.4, 0.5) is 8.78 Å². The lowest BCUT2D eigenvalue weighted by atomic mass is 9.93. The molecule has 0 N–H and O–H groups in total. The molecule has 0 aliphatic rings. The topological polar surface area (TPSA) is 103 Å². The van der Waals surface area contributed by atoms with Crippen molar-refractivity contribution in [2.75, 3.05) is 0 Å². The largest absolute Gasteiger partial charge is 0.285 e. The van der Waals surface area contributed by atoms with Crippen LogP contribution < -0.4 is 0 Å². The van der Waals surface area contributed by atoms with Crippen LogP contribution in [0.2, 0.25) is 0 Å². The first-order valence-electron chi connectivity index (χ1n) is 13.4. The number of aromatic nitrogens is 3. The average molecular weight is 576 g/mol. The van der Waals surface area contributed by atoms with Crippen molar-refractivity contribution in [1.29, 1.82) is 10.5 Å². The molecule has 6 nitrogen and oxygen atoms in total. The number of ketones is 1. The smallest absolute Gasteiger partial charge is 0.230 e. The van der Waals surface area contributed by atoms with Crippen LogP contribution in [0, 0.1) is 34.3 Å². The molecular weight excluding hydrogens is 556 g/mol. The highest BCUT2D eigenvalue weighted by Crippen LogP contribution is 2.32. The average Bonchev–Trinajstić information content (AvgIpc) is 3.07. The van der Waals surface area contributed by atoms with Crippen molar-refractivity contribution in [3.8, 4) is 57.2 Å². The number of halogens is 2. The maximum Gasteiger partial charge on any atom is 0.230 e. The van der Waals surface area contributed by atoms with Gasteiger partial charge in [-0.1, -0.05) is 60.7 Å². The van der Waals surface area contributed by atoms with Crippen molar-refractivity contribution in [3.63, 3.8) is 0 Å². The Bertz CT molecular complexity index is 2000. The van der Waals surface area contributed by atoms with E-state index < -0.39 is 17.4 Å². The third-order valence-electron chi connectivity index (χ3n) is 6.82. The summed E-state index contributed by atoms with van der Waals surface area (Å²) in [6.45, 7) is 0. The van der Waals surface area contributed by atoms with E-state index in [1.807, 2.05) is 72.8 Å². The minimum Gasteiger partial charge on any atom is -0.285 e. The van der Waals surface area contributed by atoms with Crippen molar-refractivity contribution in [3.05, 3.63) is 149 Å². The zero-order valence-corrected chi connectivity index (χ0v) is 22.9. The molecule has 44 heavy (non-hydrogen) atoms. The molecule has 0 amide bonds. The Labute approximate surface area is 251 Å². The van der Waals surface area contributed by atoms with Crippen LogP contribution >= 0.6 is 0 Å². The molecule has 0 atom stereocenters. The van der Waals surface area contributed by atoms with Crippen molar-refractivity contribution >= 4 is 5.78 Å². The summed E-state index contributed by atoms with van der Waals surface area (Å²) in [4.78, 5) is 27.8. The van der Waals surface area contributed by atoms with Crippen LogP contribution in [0.3, 0.4) is 0 Å². The molecule has 0 spiro atoms. The molecule has 8 heteroatoms. The fourth-order valence-electron chi connectivity index (χ4n) is 4.77. The van der Waals surface area contributed by atoms with Gasteiger partial charge in [-0.25, -0.2) is 23.7 Å². The van der Waals surface area contributed by atoms with Gasteiger partial charge in [-0.2, -0.15) is 10.5 Å². The standard InChI is InChI=1S/C36H19F2N5O/c37-31-13-22(20-39)11-26(18-31)28-15-29(27-12-23(21-40)14-32(38)19-27)17-30(16-28)33(44)36-42-34(24-7-3-1-4-8-24)41-35(43-36)25-9-5-2-6-10-25/h1-19H. The molecule has 1 aromatic heterocycles. The van der Waals surface area contributed by atoms with Crippen molar-refractivity contribution in [2.24, 2.45) is 0 Å². The van der Waals surface area contributed by atoms with Crippen molar-refractivity contribution < 1.29 is 13.6 Å². The van der Waals surface area contributed by atoms with E-state index in [0.29, 0.717) is 45.0 Å². The van der Waals surface area contributed by atoms with Gasteiger partial charge in [-0.3, -0.25) is 4.79 Å². The summed E-state index contributed by atoms with van der Waals surface area (Å²) in [5.74, 6) is -1.36. The lowest BCUT2D eigenvalue weighted by Crippen LogP contribution is -2.11. The predicted molar refractivity (Wildman–Crippen MR) is 161 cm³/mol. The first kappa shape index (κ1) is 27.8. The maximum absolute atomic E-state index is 14.5. The van der Waals surface area contributed by atoms with Crippen LogP contribution in [-0.2, 0) is 0 Å². The van der Waals surface area contributed by atoms with Gasteiger partial charge in [0.2, 0.25) is 11.6 Å². The van der Waals surface area contributed by atoms with E-state index >= 15 is 0 Å². The Hall–Kier alpha value is -6.38. The normalized spacial score (nSPS) is 10.5. The molecule has 5 aromatic carbocycles. The van der Waals surface area contributed by atoms with Gasteiger partial charge in [0.05, 0.1) is 23.3 Å². The molecule has 0 unspecified atom stereocenters. The fraction of sp³-hybridized carbons (Fsp3) is 0. The zero-order valence-electron chi connectivity index (χ0n) is 22.9. The molecule has 6 rings (SSSR count). The van der Waals surface area contributed by atoms with E-state index in [4.69, 9.17) is 0 Å². The molecule has 0 radical (unpaired) electrons. The van der Waals surface area contributed by atoms with E-state index in [9.17, 15) is 24.1 Å². The van der Waals surface area contributed by atoms with Gasteiger partial charge in [0.25, 0.3) is 0 Å². The number of nitrogens with zero attached hydrogens (tertiary/aromatic N) is 5. The molecule has 6 aromatic rings. The number of benzene rings is 5. The molecule has 0 aliphatic heterocycles. The van der Waals surface area contributed by atoms with Gasteiger partial charge < -0.3 is 0 Å². The molecule has 0 bridgehead atoms. The number of hydrogen-bond donors (Lipinski definition) is 0. The molecule has 0 aliphatic carbocycles. The van der Waals surface area contributed by atoms with Gasteiger partial charge >= 0.3 is 0 Å². The summed E-state index contributed by atoms with van der Waals surface area (Å²) in [5, 5.41) is 18.8. The van der Waals surface area contributed by atoms with E-state index in [1.165, 1.54) is 24.3 Å². The Kier molecular flexibility index (Phi) is 7.48. The molecule has 0 saturated heterocycles. The van der Waals surface area contributed by atoms with E-state index in [0.717, 1.165) is 12.1 Å². The lowest BCUT2D eigenvalue weighted by Gasteiger charge is -2.12. The van der Waals surface area contributed by atoms with E-state index in [1.54, 1.807) is 18.2 Å². The lowest BCUT2D eigenvalue weighted by molar-refractivity contribution is 0.102. The van der Waals surface area contributed by atoms with Gasteiger partial charge in [-0.05, 0) is 76.9 Å². The molecule has 208 valence electrons. The van der Waals surface area contributed by atoms with Crippen LogP contribution in [-0.4, -0.2) is 20.7 Å². The molecule has 0 fully saturated rings. The Morgan fingerprint density at radius 2 is 0.955 bits per heavy atom. The summed E-state index contributed by atoms with van der Waals surface area (Å²) < 4.78 is 29.0. The highest BCUT2D eigenvalue weighted by atomic mass is 19.1. The first-order chi connectivity index (χ1) is 21.4. The van der Waals surface area contributed by atoms with Crippen LogP contribution in [0.5, 0.6) is 0 Å². The Morgan fingerprint density at radius 1 is 0.523 bits per heavy atom. The number of carbonyl (C=O) groups excluding carboxylic acids is 1. The molecule has 0 saturated carbocycles. The summed E-state index contributed by atoms with van der Waals surface area (Å²) >= 11 is 0. The first-order valence-corrected chi connectivity index (χ1v) is 13.4. The number of nitriles is 2. The SMILES string of the molecule is N#Cc1cc(F)cc(-c2cc(C(=O)c3nc(-c4ccccc4)nc(-c4ccccc4)n3)cc(-c3cc(F)cc(C#N)c3)c2)c1. The minimum absolute atomic E-state index is 0.0910. The van der Waals surface area contributed by atoms with Crippen LogP contribution in [0.1, 0.15) is 27.3 Å². The van der Waals surface area contributed by atoms with Gasteiger partial charge in [-0.15, -0.1) is 0 Å². The maximum atomic E-state index is 14.5. The highest BCUT2D eigenvalue weighted by Gasteiger charge is 2.20. The van der Waals surface area contributed by atoms with E-state index in [2.05, 4.69) is 15.0 Å². The number of rotatable bonds is 6. The molecule has 1 heterocycles. The number of hydrogen-bond acceptors (Lipinski definition) is 6. The van der Waals surface area contributed by atoms with Gasteiger partial charge in [0.1, 0.15) is 11.6 Å². The van der Waals surface area contributed by atoms with Crippen LogP contribution in [0.15, 0.2) is 115 Å². The third kappa shape index (κ3) is 5.82.